The van der Waals surface area contributed by atoms with Crippen molar-refractivity contribution in [1.29, 1.82) is 5.26 Å². The highest BCUT2D eigenvalue weighted by Crippen LogP contribution is 2.36. The first-order valence-electron chi connectivity index (χ1n) is 11.1. The van der Waals surface area contributed by atoms with Gasteiger partial charge >= 0.3 is 6.03 Å². The van der Waals surface area contributed by atoms with E-state index in [9.17, 15) is 14.4 Å². The molecule has 2 heterocycles. The fourth-order valence-electron chi connectivity index (χ4n) is 4.67. The van der Waals surface area contributed by atoms with Crippen LogP contribution in [-0.2, 0) is 28.0 Å². The van der Waals surface area contributed by atoms with Crippen LogP contribution in [0.2, 0.25) is 0 Å². The van der Waals surface area contributed by atoms with Crippen molar-refractivity contribution in [1.82, 2.24) is 10.2 Å². The number of carbonyl (C=O) groups is 3. The SMILES string of the molecule is CC1(c2ccc(C#N)cc2)NC(=O)N(CC(=O)N2c3ccccc3CCc3ccccc32)C1=O. The fraction of sp³-hybridized carbons (Fsp3) is 0.185. The maximum absolute atomic E-state index is 13.7. The Morgan fingerprint density at radius 3 is 2.06 bits per heavy atom. The molecule has 7 heteroatoms. The maximum atomic E-state index is 13.7. The second-order valence-electron chi connectivity index (χ2n) is 8.62. The normalized spacial score (nSPS) is 19.1. The summed E-state index contributed by atoms with van der Waals surface area (Å²) < 4.78 is 0. The molecule has 2 aliphatic rings. The number of amides is 4. The van der Waals surface area contributed by atoms with Crippen LogP contribution in [0, 0.1) is 11.3 Å². The van der Waals surface area contributed by atoms with E-state index in [0.29, 0.717) is 11.1 Å². The van der Waals surface area contributed by atoms with E-state index < -0.39 is 17.5 Å². The Kier molecular flexibility index (Phi) is 5.14. The zero-order valence-electron chi connectivity index (χ0n) is 18.6. The van der Waals surface area contributed by atoms with E-state index in [1.165, 1.54) is 0 Å². The number of para-hydroxylation sites is 2. The summed E-state index contributed by atoms with van der Waals surface area (Å²) in [6.07, 6.45) is 1.58. The second-order valence-corrected chi connectivity index (χ2v) is 8.62. The molecule has 3 aromatic carbocycles. The molecule has 3 aromatic rings. The molecule has 0 aliphatic carbocycles. The summed E-state index contributed by atoms with van der Waals surface area (Å²) in [6.45, 7) is 1.22. The molecule has 168 valence electrons. The molecular formula is C27H22N4O3. The average molecular weight is 450 g/mol. The summed E-state index contributed by atoms with van der Waals surface area (Å²) in [4.78, 5) is 42.5. The molecular weight excluding hydrogens is 428 g/mol. The Hall–Kier alpha value is -4.44. The molecule has 34 heavy (non-hydrogen) atoms. The van der Waals surface area contributed by atoms with Gasteiger partial charge in [0.2, 0.25) is 0 Å². The van der Waals surface area contributed by atoms with Crippen LogP contribution in [0.25, 0.3) is 0 Å². The van der Waals surface area contributed by atoms with Crippen LogP contribution in [0.5, 0.6) is 0 Å². The minimum absolute atomic E-state index is 0.366. The molecule has 2 aliphatic heterocycles. The lowest BCUT2D eigenvalue weighted by molar-refractivity contribution is -0.134. The van der Waals surface area contributed by atoms with Crippen molar-refractivity contribution in [2.75, 3.05) is 11.4 Å². The number of anilines is 2. The number of benzene rings is 3. The summed E-state index contributed by atoms with van der Waals surface area (Å²) in [5.74, 6) is -0.874. The highest BCUT2D eigenvalue weighted by molar-refractivity contribution is 6.12. The number of urea groups is 1. The number of aryl methyl sites for hydroxylation is 2. The van der Waals surface area contributed by atoms with Gasteiger partial charge in [-0.3, -0.25) is 19.4 Å². The summed E-state index contributed by atoms with van der Waals surface area (Å²) >= 11 is 0. The molecule has 1 fully saturated rings. The third kappa shape index (κ3) is 3.41. The van der Waals surface area contributed by atoms with Crippen LogP contribution in [0.1, 0.15) is 29.2 Å². The standard InChI is InChI=1S/C27H22N4O3/c1-27(21-14-10-18(16-28)11-15-21)25(33)30(26(34)29-27)17-24(32)31-22-8-4-2-6-19(22)12-13-20-7-3-5-9-23(20)31/h2-11,14-15H,12-13,17H2,1H3,(H,29,34). The summed E-state index contributed by atoms with van der Waals surface area (Å²) in [6, 6.07) is 23.3. The van der Waals surface area contributed by atoms with Gasteiger partial charge in [0.1, 0.15) is 12.1 Å². The highest BCUT2D eigenvalue weighted by Gasteiger charge is 2.50. The smallest absolute Gasteiger partial charge is 0.319 e. The summed E-state index contributed by atoms with van der Waals surface area (Å²) in [5, 5.41) is 11.8. The van der Waals surface area contributed by atoms with Crippen molar-refractivity contribution in [2.24, 2.45) is 0 Å². The lowest BCUT2D eigenvalue weighted by Crippen LogP contribution is -2.43. The van der Waals surface area contributed by atoms with Gasteiger partial charge in [-0.15, -0.1) is 0 Å². The molecule has 0 radical (unpaired) electrons. The number of nitriles is 1. The number of nitrogens with zero attached hydrogens (tertiary/aromatic N) is 3. The topological polar surface area (TPSA) is 93.5 Å². The molecule has 1 saturated heterocycles. The van der Waals surface area contributed by atoms with Crippen molar-refractivity contribution in [3.63, 3.8) is 0 Å². The van der Waals surface area contributed by atoms with E-state index in [0.717, 1.165) is 40.2 Å². The van der Waals surface area contributed by atoms with Crippen LogP contribution >= 0.6 is 0 Å². The molecule has 5 rings (SSSR count). The first-order chi connectivity index (χ1) is 16.4. The van der Waals surface area contributed by atoms with Crippen molar-refractivity contribution in [3.8, 4) is 6.07 Å². The Morgan fingerprint density at radius 2 is 1.50 bits per heavy atom. The number of carbonyl (C=O) groups excluding carboxylic acids is 3. The first kappa shape index (κ1) is 21.4. The third-order valence-electron chi connectivity index (χ3n) is 6.54. The molecule has 1 atom stereocenters. The lowest BCUT2D eigenvalue weighted by Gasteiger charge is -2.27. The monoisotopic (exact) mass is 450 g/mol. The number of imide groups is 1. The lowest BCUT2D eigenvalue weighted by atomic mass is 9.91. The number of hydrogen-bond donors (Lipinski definition) is 1. The van der Waals surface area contributed by atoms with Gasteiger partial charge in [-0.1, -0.05) is 48.5 Å². The molecule has 0 spiro atoms. The van der Waals surface area contributed by atoms with E-state index in [1.54, 1.807) is 36.1 Å². The van der Waals surface area contributed by atoms with Crippen LogP contribution in [0.4, 0.5) is 16.2 Å². The van der Waals surface area contributed by atoms with Gasteiger partial charge in [-0.2, -0.15) is 5.26 Å². The van der Waals surface area contributed by atoms with Crippen molar-refractivity contribution >= 4 is 29.2 Å². The van der Waals surface area contributed by atoms with Gasteiger partial charge in [-0.05, 0) is 60.7 Å². The van der Waals surface area contributed by atoms with E-state index in [-0.39, 0.29) is 12.5 Å². The second kappa shape index (κ2) is 8.16. The predicted octanol–water partition coefficient (Wildman–Crippen LogP) is 3.79. The van der Waals surface area contributed by atoms with Crippen LogP contribution in [-0.4, -0.2) is 29.3 Å². The zero-order chi connectivity index (χ0) is 23.9. The van der Waals surface area contributed by atoms with Crippen LogP contribution in [0.15, 0.2) is 72.8 Å². The Balaban J connectivity index is 1.47. The highest BCUT2D eigenvalue weighted by atomic mass is 16.2. The molecule has 0 bridgehead atoms. The number of fused-ring (bicyclic) bond motifs is 2. The minimum Gasteiger partial charge on any atom is -0.319 e. The molecule has 4 amide bonds. The summed E-state index contributed by atoms with van der Waals surface area (Å²) in [7, 11) is 0. The van der Waals surface area contributed by atoms with Crippen molar-refractivity contribution < 1.29 is 14.4 Å². The number of rotatable bonds is 3. The minimum atomic E-state index is -1.32. The van der Waals surface area contributed by atoms with Crippen molar-refractivity contribution in [2.45, 2.75) is 25.3 Å². The first-order valence-corrected chi connectivity index (χ1v) is 11.1. The fourth-order valence-corrected chi connectivity index (χ4v) is 4.67. The molecule has 1 N–H and O–H groups in total. The Labute approximate surface area is 197 Å². The van der Waals surface area contributed by atoms with Gasteiger partial charge in [0.25, 0.3) is 11.8 Å². The predicted molar refractivity (Wildman–Crippen MR) is 126 cm³/mol. The number of hydrogen-bond acceptors (Lipinski definition) is 4. The van der Waals surface area contributed by atoms with Crippen molar-refractivity contribution in [3.05, 3.63) is 95.1 Å². The Morgan fingerprint density at radius 1 is 0.941 bits per heavy atom. The average Bonchev–Trinajstić information content (AvgIpc) is 2.99. The maximum Gasteiger partial charge on any atom is 0.325 e. The molecule has 7 nitrogen and oxygen atoms in total. The van der Waals surface area contributed by atoms with Gasteiger partial charge in [-0.25, -0.2) is 4.79 Å². The van der Waals surface area contributed by atoms with E-state index in [4.69, 9.17) is 5.26 Å². The number of nitrogens with one attached hydrogen (secondary N) is 1. The van der Waals surface area contributed by atoms with E-state index >= 15 is 0 Å². The van der Waals surface area contributed by atoms with Gasteiger partial charge < -0.3 is 5.32 Å². The van der Waals surface area contributed by atoms with Gasteiger partial charge in [0, 0.05) is 0 Å². The quantitative estimate of drug-likeness (QED) is 0.615. The van der Waals surface area contributed by atoms with Crippen LogP contribution < -0.4 is 10.2 Å². The Bertz CT molecular complexity index is 1310. The molecule has 0 aromatic heterocycles. The van der Waals surface area contributed by atoms with Crippen LogP contribution in [0.3, 0.4) is 0 Å². The summed E-state index contributed by atoms with van der Waals surface area (Å²) in [5.41, 5.74) is 3.27. The molecule has 1 unspecified atom stereocenters. The van der Waals surface area contributed by atoms with E-state index in [2.05, 4.69) is 5.32 Å². The van der Waals surface area contributed by atoms with Gasteiger partial charge in [0.05, 0.1) is 23.0 Å². The third-order valence-corrected chi connectivity index (χ3v) is 6.54. The molecule has 0 saturated carbocycles. The largest absolute Gasteiger partial charge is 0.325 e. The van der Waals surface area contributed by atoms with Gasteiger partial charge in [0.15, 0.2) is 0 Å². The zero-order valence-corrected chi connectivity index (χ0v) is 18.6. The van der Waals surface area contributed by atoms with E-state index in [1.807, 2.05) is 54.6 Å².